The lowest BCUT2D eigenvalue weighted by Crippen LogP contribution is -2.44. The summed E-state index contributed by atoms with van der Waals surface area (Å²) < 4.78 is 22.8. The number of hydrogen-bond acceptors (Lipinski definition) is 8. The summed E-state index contributed by atoms with van der Waals surface area (Å²) in [5, 5.41) is 8.84. The number of carbonyl (C=O) groups excluding carboxylic acids is 3. The van der Waals surface area contributed by atoms with Crippen LogP contribution in [0.4, 0.5) is 4.79 Å². The molecule has 246 valence electrons. The van der Waals surface area contributed by atoms with Crippen molar-refractivity contribution in [1.29, 1.82) is 0 Å². The number of aliphatic hydroxyl groups excluding tert-OH is 1. The lowest BCUT2D eigenvalue weighted by Gasteiger charge is -2.23. The molecule has 0 bridgehead atoms. The van der Waals surface area contributed by atoms with Gasteiger partial charge in [-0.3, -0.25) is 9.59 Å². The first kappa shape index (κ1) is 33.8. The maximum absolute atomic E-state index is 14.3. The normalized spacial score (nSPS) is 16.7. The van der Waals surface area contributed by atoms with Crippen LogP contribution >= 0.6 is 0 Å². The predicted octanol–water partition coefficient (Wildman–Crippen LogP) is 6.36. The number of carbonyl (C=O) groups is 3. The minimum Gasteiger partial charge on any atom is -0.457 e. The molecule has 2 amide bonds. The molecule has 47 heavy (non-hydrogen) atoms. The topological polar surface area (TPSA) is 116 Å². The molecule has 1 N–H and O–H groups in total. The van der Waals surface area contributed by atoms with Crippen LogP contribution in [0.25, 0.3) is 11.1 Å². The zero-order chi connectivity index (χ0) is 33.2. The second kappa shape index (κ2) is 16.3. The summed E-state index contributed by atoms with van der Waals surface area (Å²) in [7, 11) is 0. The number of furan rings is 1. The summed E-state index contributed by atoms with van der Waals surface area (Å²) in [6, 6.07) is 27.6. The Bertz CT molecular complexity index is 1630. The Morgan fingerprint density at radius 2 is 1.60 bits per heavy atom. The number of rotatable bonds is 16. The fourth-order valence-corrected chi connectivity index (χ4v) is 5.84. The molecule has 1 aliphatic rings. The first-order chi connectivity index (χ1) is 22.9. The molecule has 1 saturated heterocycles. The first-order valence-corrected chi connectivity index (χ1v) is 16.0. The third kappa shape index (κ3) is 8.43. The van der Waals surface area contributed by atoms with Crippen LogP contribution in [0.15, 0.2) is 95.4 Å². The van der Waals surface area contributed by atoms with Gasteiger partial charge in [-0.25, -0.2) is 9.69 Å². The molecule has 4 aromatic rings. The van der Waals surface area contributed by atoms with Crippen LogP contribution in [0.3, 0.4) is 0 Å². The van der Waals surface area contributed by atoms with Crippen LogP contribution in [0.2, 0.25) is 0 Å². The van der Waals surface area contributed by atoms with Gasteiger partial charge in [0.1, 0.15) is 17.8 Å². The molecule has 3 aromatic carbocycles. The zero-order valence-electron chi connectivity index (χ0n) is 26.8. The van der Waals surface area contributed by atoms with Gasteiger partial charge in [-0.2, -0.15) is 0 Å². The molecule has 0 aliphatic carbocycles. The van der Waals surface area contributed by atoms with E-state index >= 15 is 0 Å². The average molecular weight is 640 g/mol. The van der Waals surface area contributed by atoms with E-state index in [9.17, 15) is 14.4 Å². The highest BCUT2D eigenvalue weighted by molar-refractivity contribution is 6.12. The van der Waals surface area contributed by atoms with Gasteiger partial charge in [-0.05, 0) is 49.4 Å². The Balaban J connectivity index is 1.41. The van der Waals surface area contributed by atoms with Gasteiger partial charge in [-0.15, -0.1) is 0 Å². The molecule has 3 atom stereocenters. The number of ether oxygens (including phenoxy) is 3. The Morgan fingerprint density at radius 1 is 0.894 bits per heavy atom. The van der Waals surface area contributed by atoms with Crippen molar-refractivity contribution in [3.63, 3.8) is 0 Å². The maximum Gasteiger partial charge on any atom is 0.417 e. The minimum absolute atomic E-state index is 0.0333. The van der Waals surface area contributed by atoms with Gasteiger partial charge in [0.15, 0.2) is 5.76 Å². The standard InChI is InChI=1S/C38H41NO8/c1-26-11-9-16-30(23-26)31-25-34(46-33(31)17-10-19-44-21-22-45-20-18-40)35(41)32(24-28-12-5-3-6-13-28)37(42)39-27(2)36(47-38(39)43)29-14-7-4-8-15-29/h3-9,11-16,23,25,27,32,36,40H,10,17-22,24H2,1-2H3/t27-,32-,36-/m1/s1. The third-order valence-corrected chi connectivity index (χ3v) is 8.21. The second-order valence-electron chi connectivity index (χ2n) is 11.6. The van der Waals surface area contributed by atoms with Crippen LogP contribution in [0.1, 0.15) is 52.5 Å². The van der Waals surface area contributed by atoms with Crippen LogP contribution in [-0.4, -0.2) is 66.9 Å². The maximum atomic E-state index is 14.3. The summed E-state index contributed by atoms with van der Waals surface area (Å²) in [6.07, 6.45) is -0.201. The molecule has 9 heteroatoms. The largest absolute Gasteiger partial charge is 0.457 e. The summed E-state index contributed by atoms with van der Waals surface area (Å²) in [5.74, 6) is -1.67. The lowest BCUT2D eigenvalue weighted by molar-refractivity contribution is -0.131. The van der Waals surface area contributed by atoms with E-state index in [4.69, 9.17) is 23.7 Å². The van der Waals surface area contributed by atoms with Crippen molar-refractivity contribution in [3.8, 4) is 11.1 Å². The summed E-state index contributed by atoms with van der Waals surface area (Å²) in [4.78, 5) is 42.8. The van der Waals surface area contributed by atoms with Crippen molar-refractivity contribution >= 4 is 17.8 Å². The fraction of sp³-hybridized carbons (Fsp3) is 0.342. The number of nitrogens with zero attached hydrogens (tertiary/aromatic N) is 1. The number of aliphatic hydroxyl groups is 1. The highest BCUT2D eigenvalue weighted by Gasteiger charge is 2.47. The van der Waals surface area contributed by atoms with E-state index in [1.165, 1.54) is 0 Å². The van der Waals surface area contributed by atoms with E-state index in [0.717, 1.165) is 32.7 Å². The molecular formula is C38H41NO8. The summed E-state index contributed by atoms with van der Waals surface area (Å²) in [6.45, 7) is 5.23. The van der Waals surface area contributed by atoms with Gasteiger partial charge >= 0.3 is 6.09 Å². The molecule has 1 aliphatic heterocycles. The number of hydrogen-bond donors (Lipinski definition) is 1. The van der Waals surface area contributed by atoms with Crippen molar-refractivity contribution in [2.24, 2.45) is 5.92 Å². The summed E-state index contributed by atoms with van der Waals surface area (Å²) in [5.41, 5.74) is 4.28. The molecule has 0 saturated carbocycles. The van der Waals surface area contributed by atoms with E-state index in [1.54, 1.807) is 13.0 Å². The van der Waals surface area contributed by atoms with Gasteiger partial charge in [0.25, 0.3) is 0 Å². The Labute approximate surface area is 275 Å². The monoisotopic (exact) mass is 639 g/mol. The van der Waals surface area contributed by atoms with Crippen LogP contribution in [0.5, 0.6) is 0 Å². The van der Waals surface area contributed by atoms with Crippen LogP contribution in [-0.2, 0) is 31.8 Å². The molecule has 1 aromatic heterocycles. The fourth-order valence-electron chi connectivity index (χ4n) is 5.84. The Morgan fingerprint density at radius 3 is 2.30 bits per heavy atom. The predicted molar refractivity (Wildman–Crippen MR) is 176 cm³/mol. The molecule has 1 fully saturated rings. The minimum atomic E-state index is -1.21. The van der Waals surface area contributed by atoms with Crippen molar-refractivity contribution in [2.45, 2.75) is 45.3 Å². The van der Waals surface area contributed by atoms with Crippen molar-refractivity contribution in [2.75, 3.05) is 33.0 Å². The molecular weight excluding hydrogens is 598 g/mol. The third-order valence-electron chi connectivity index (χ3n) is 8.21. The number of Topliss-reactive ketones (excluding diaryl/α,β-unsaturated/α-hetero) is 1. The molecule has 0 unspecified atom stereocenters. The second-order valence-corrected chi connectivity index (χ2v) is 11.6. The van der Waals surface area contributed by atoms with E-state index in [1.807, 2.05) is 91.9 Å². The molecule has 5 rings (SSSR count). The summed E-state index contributed by atoms with van der Waals surface area (Å²) >= 11 is 0. The molecule has 0 spiro atoms. The van der Waals surface area contributed by atoms with Crippen LogP contribution < -0.4 is 0 Å². The number of amides is 2. The average Bonchev–Trinajstić information content (AvgIpc) is 3.65. The molecule has 9 nitrogen and oxygen atoms in total. The quantitative estimate of drug-likeness (QED) is 0.0855. The van der Waals surface area contributed by atoms with Crippen molar-refractivity contribution < 1.29 is 38.1 Å². The van der Waals surface area contributed by atoms with Gasteiger partial charge in [0.05, 0.1) is 32.5 Å². The molecule has 2 heterocycles. The number of imide groups is 1. The van der Waals surface area contributed by atoms with E-state index in [0.29, 0.717) is 38.4 Å². The van der Waals surface area contributed by atoms with Gasteiger partial charge < -0.3 is 23.7 Å². The van der Waals surface area contributed by atoms with Gasteiger partial charge in [0, 0.05) is 18.6 Å². The Hall–Kier alpha value is -4.57. The number of cyclic esters (lactones) is 1. The lowest BCUT2D eigenvalue weighted by atomic mass is 9.91. The highest BCUT2D eigenvalue weighted by Crippen LogP contribution is 2.35. The SMILES string of the molecule is Cc1cccc(-c2cc(C(=O)[C@@H](Cc3ccccc3)C(=O)N3C(=O)O[C@@H](c4ccccc4)[C@H]3C)oc2CCCOCCOCCO)c1. The number of aryl methyl sites for hydroxylation is 2. The zero-order valence-corrected chi connectivity index (χ0v) is 26.8. The smallest absolute Gasteiger partial charge is 0.417 e. The van der Waals surface area contributed by atoms with Crippen molar-refractivity contribution in [3.05, 3.63) is 119 Å². The van der Waals surface area contributed by atoms with Crippen LogP contribution in [0, 0.1) is 12.8 Å². The molecule has 0 radical (unpaired) electrons. The number of benzene rings is 3. The first-order valence-electron chi connectivity index (χ1n) is 16.0. The van der Waals surface area contributed by atoms with Crippen molar-refractivity contribution in [1.82, 2.24) is 4.90 Å². The number of ketones is 1. The van der Waals surface area contributed by atoms with E-state index in [-0.39, 0.29) is 25.4 Å². The van der Waals surface area contributed by atoms with Gasteiger partial charge in [0.2, 0.25) is 11.7 Å². The highest BCUT2D eigenvalue weighted by atomic mass is 16.6. The van der Waals surface area contributed by atoms with E-state index < -0.39 is 35.8 Å². The van der Waals surface area contributed by atoms with Gasteiger partial charge in [-0.1, -0.05) is 90.5 Å². The van der Waals surface area contributed by atoms with E-state index in [2.05, 4.69) is 0 Å². The Kier molecular flexibility index (Phi) is 11.7.